The lowest BCUT2D eigenvalue weighted by atomic mass is 10.2. The Hall–Kier alpha value is -0.870. The highest BCUT2D eigenvalue weighted by Crippen LogP contribution is 2.16. The van der Waals surface area contributed by atoms with Crippen LogP contribution in [-0.4, -0.2) is 22.3 Å². The zero-order valence-corrected chi connectivity index (χ0v) is 7.47. The van der Waals surface area contributed by atoms with Crippen LogP contribution in [0.25, 0.3) is 0 Å². The number of aliphatic carboxylic acids is 1. The van der Waals surface area contributed by atoms with Crippen molar-refractivity contribution in [1.29, 1.82) is 0 Å². The number of aryl methyl sites for hydroxylation is 1. The smallest absolute Gasteiger partial charge is 0.332 e. The zero-order chi connectivity index (χ0) is 9.14. The molecule has 66 valence electrons. The molecule has 3 nitrogen and oxygen atoms in total. The van der Waals surface area contributed by atoms with Crippen LogP contribution in [0.15, 0.2) is 12.1 Å². The third kappa shape index (κ3) is 2.32. The van der Waals surface area contributed by atoms with Gasteiger partial charge in [0.15, 0.2) is 6.10 Å². The highest BCUT2D eigenvalue weighted by atomic mass is 32.1. The molecule has 0 saturated heterocycles. The highest BCUT2D eigenvalue weighted by molar-refractivity contribution is 7.11. The second-order valence-corrected chi connectivity index (χ2v) is 3.94. The first-order valence-electron chi connectivity index (χ1n) is 3.56. The van der Waals surface area contributed by atoms with Gasteiger partial charge in [-0.25, -0.2) is 4.79 Å². The number of carboxylic acid groups (broad SMARTS) is 1. The Kier molecular flexibility index (Phi) is 2.83. The molecule has 0 aliphatic heterocycles. The van der Waals surface area contributed by atoms with E-state index in [4.69, 9.17) is 10.2 Å². The summed E-state index contributed by atoms with van der Waals surface area (Å²) in [6.07, 6.45) is -1.07. The van der Waals surface area contributed by atoms with E-state index in [1.165, 1.54) is 11.3 Å². The lowest BCUT2D eigenvalue weighted by molar-refractivity contribution is -0.146. The number of aliphatic hydroxyl groups is 1. The fourth-order valence-electron chi connectivity index (χ4n) is 0.873. The van der Waals surface area contributed by atoms with Crippen LogP contribution in [0.2, 0.25) is 0 Å². The van der Waals surface area contributed by atoms with Crippen LogP contribution in [0.3, 0.4) is 0 Å². The molecule has 0 aliphatic carbocycles. The van der Waals surface area contributed by atoms with Crippen molar-refractivity contribution in [2.24, 2.45) is 0 Å². The van der Waals surface area contributed by atoms with E-state index in [-0.39, 0.29) is 6.42 Å². The van der Waals surface area contributed by atoms with Gasteiger partial charge in [-0.2, -0.15) is 0 Å². The molecular formula is C8H10O3S. The maximum absolute atomic E-state index is 10.3. The van der Waals surface area contributed by atoms with Gasteiger partial charge in [0.25, 0.3) is 0 Å². The fourth-order valence-corrected chi connectivity index (χ4v) is 1.80. The van der Waals surface area contributed by atoms with Crippen molar-refractivity contribution in [1.82, 2.24) is 0 Å². The van der Waals surface area contributed by atoms with Gasteiger partial charge >= 0.3 is 5.97 Å². The van der Waals surface area contributed by atoms with Crippen molar-refractivity contribution in [3.8, 4) is 0 Å². The van der Waals surface area contributed by atoms with Gasteiger partial charge in [-0.3, -0.25) is 0 Å². The average molecular weight is 186 g/mol. The van der Waals surface area contributed by atoms with Gasteiger partial charge in [-0.1, -0.05) is 0 Å². The predicted molar refractivity (Wildman–Crippen MR) is 46.4 cm³/mol. The molecule has 0 saturated carbocycles. The molecule has 1 rings (SSSR count). The molecule has 0 fully saturated rings. The van der Waals surface area contributed by atoms with Gasteiger partial charge in [0.05, 0.1) is 0 Å². The van der Waals surface area contributed by atoms with Crippen LogP contribution < -0.4 is 0 Å². The van der Waals surface area contributed by atoms with Crippen LogP contribution in [0, 0.1) is 6.92 Å². The van der Waals surface area contributed by atoms with Crippen LogP contribution in [0.4, 0.5) is 0 Å². The Morgan fingerprint density at radius 2 is 2.33 bits per heavy atom. The minimum atomic E-state index is -1.27. The van der Waals surface area contributed by atoms with Gasteiger partial charge in [0.2, 0.25) is 0 Å². The maximum atomic E-state index is 10.3. The molecule has 1 heterocycles. The summed E-state index contributed by atoms with van der Waals surface area (Å²) in [5.41, 5.74) is 0. The molecule has 1 aromatic heterocycles. The molecular weight excluding hydrogens is 176 g/mol. The number of hydrogen-bond acceptors (Lipinski definition) is 3. The minimum absolute atomic E-state index is 0.202. The summed E-state index contributed by atoms with van der Waals surface area (Å²) < 4.78 is 0. The molecule has 0 bridgehead atoms. The van der Waals surface area contributed by atoms with Gasteiger partial charge in [0.1, 0.15) is 0 Å². The summed E-state index contributed by atoms with van der Waals surface area (Å²) in [5.74, 6) is -1.17. The van der Waals surface area contributed by atoms with Crippen molar-refractivity contribution >= 4 is 17.3 Å². The fraction of sp³-hybridized carbons (Fsp3) is 0.375. The second-order valence-electron chi connectivity index (χ2n) is 2.57. The number of thiophene rings is 1. The zero-order valence-electron chi connectivity index (χ0n) is 6.65. The lowest BCUT2D eigenvalue weighted by Crippen LogP contribution is -2.21. The summed E-state index contributed by atoms with van der Waals surface area (Å²) in [4.78, 5) is 12.3. The molecule has 0 spiro atoms. The van der Waals surface area contributed by atoms with E-state index in [9.17, 15) is 4.79 Å². The van der Waals surface area contributed by atoms with Crippen LogP contribution in [0.1, 0.15) is 9.75 Å². The van der Waals surface area contributed by atoms with E-state index in [1.54, 1.807) is 0 Å². The SMILES string of the molecule is Cc1ccc(C[C@@H](O)C(=O)O)s1. The van der Waals surface area contributed by atoms with Gasteiger partial charge in [-0.05, 0) is 19.1 Å². The second kappa shape index (κ2) is 3.69. The maximum Gasteiger partial charge on any atom is 0.332 e. The normalized spacial score (nSPS) is 12.8. The van der Waals surface area contributed by atoms with Crippen molar-refractivity contribution in [2.45, 2.75) is 19.4 Å². The van der Waals surface area contributed by atoms with E-state index < -0.39 is 12.1 Å². The van der Waals surface area contributed by atoms with Crippen LogP contribution in [-0.2, 0) is 11.2 Å². The van der Waals surface area contributed by atoms with Crippen molar-refractivity contribution in [2.75, 3.05) is 0 Å². The molecule has 4 heteroatoms. The number of aliphatic hydroxyl groups excluding tert-OH is 1. The molecule has 2 N–H and O–H groups in total. The summed E-state index contributed by atoms with van der Waals surface area (Å²) >= 11 is 1.51. The van der Waals surface area contributed by atoms with E-state index in [0.29, 0.717) is 0 Å². The Bertz CT molecular complexity index is 280. The standard InChI is InChI=1S/C8H10O3S/c1-5-2-3-6(12-5)4-7(9)8(10)11/h2-3,7,9H,4H2,1H3,(H,10,11)/t7-/m1/s1. The van der Waals surface area contributed by atoms with Gasteiger partial charge in [-0.15, -0.1) is 11.3 Å². The van der Waals surface area contributed by atoms with E-state index in [2.05, 4.69) is 0 Å². The summed E-state index contributed by atoms with van der Waals surface area (Å²) in [7, 11) is 0. The van der Waals surface area contributed by atoms with Crippen molar-refractivity contribution in [3.05, 3.63) is 21.9 Å². The molecule has 0 aromatic carbocycles. The first-order chi connectivity index (χ1) is 5.59. The first-order valence-corrected chi connectivity index (χ1v) is 4.37. The Morgan fingerprint density at radius 1 is 1.67 bits per heavy atom. The number of carbonyl (C=O) groups is 1. The molecule has 1 aromatic rings. The highest BCUT2D eigenvalue weighted by Gasteiger charge is 2.14. The Morgan fingerprint density at radius 3 is 2.75 bits per heavy atom. The Labute approximate surface area is 74.3 Å². The Balaban J connectivity index is 2.58. The van der Waals surface area contributed by atoms with Gasteiger partial charge in [0, 0.05) is 16.2 Å². The van der Waals surface area contributed by atoms with Crippen molar-refractivity contribution < 1.29 is 15.0 Å². The number of carboxylic acids is 1. The number of hydrogen-bond donors (Lipinski definition) is 2. The monoisotopic (exact) mass is 186 g/mol. The summed E-state index contributed by atoms with van der Waals surface area (Å²) in [6.45, 7) is 1.95. The van der Waals surface area contributed by atoms with E-state index >= 15 is 0 Å². The van der Waals surface area contributed by atoms with Crippen molar-refractivity contribution in [3.63, 3.8) is 0 Å². The molecule has 12 heavy (non-hydrogen) atoms. The minimum Gasteiger partial charge on any atom is -0.479 e. The van der Waals surface area contributed by atoms with Crippen LogP contribution in [0.5, 0.6) is 0 Å². The predicted octanol–water partition coefficient (Wildman–Crippen LogP) is 1.04. The largest absolute Gasteiger partial charge is 0.479 e. The summed E-state index contributed by atoms with van der Waals surface area (Å²) in [6, 6.07) is 3.75. The molecule has 0 amide bonds. The summed E-state index contributed by atoms with van der Waals surface area (Å²) in [5, 5.41) is 17.4. The molecule has 0 radical (unpaired) electrons. The first kappa shape index (κ1) is 9.22. The van der Waals surface area contributed by atoms with E-state index in [0.717, 1.165) is 9.75 Å². The molecule has 0 aliphatic rings. The van der Waals surface area contributed by atoms with Crippen LogP contribution >= 0.6 is 11.3 Å². The number of rotatable bonds is 3. The topological polar surface area (TPSA) is 57.5 Å². The molecule has 0 unspecified atom stereocenters. The van der Waals surface area contributed by atoms with Gasteiger partial charge < -0.3 is 10.2 Å². The third-order valence-electron chi connectivity index (χ3n) is 1.48. The molecule has 1 atom stereocenters. The third-order valence-corrected chi connectivity index (χ3v) is 2.50. The quantitative estimate of drug-likeness (QED) is 0.741. The lowest BCUT2D eigenvalue weighted by Gasteiger charge is -2.01. The average Bonchev–Trinajstić information content (AvgIpc) is 2.35. The van der Waals surface area contributed by atoms with E-state index in [1.807, 2.05) is 19.1 Å².